The van der Waals surface area contributed by atoms with Crippen molar-refractivity contribution in [2.45, 2.75) is 24.7 Å². The van der Waals surface area contributed by atoms with Gasteiger partial charge in [-0.3, -0.25) is 4.79 Å². The lowest BCUT2D eigenvalue weighted by Crippen LogP contribution is -2.54. The summed E-state index contributed by atoms with van der Waals surface area (Å²) < 4.78 is 41.7. The number of hydrogen-bond donors (Lipinski definition) is 2. The molecule has 2 N–H and O–H groups in total. The Kier molecular flexibility index (Phi) is 4.93. The number of aliphatic hydroxyl groups is 1. The molecule has 2 atom stereocenters. The second-order valence-electron chi connectivity index (χ2n) is 6.34. The zero-order chi connectivity index (χ0) is 19.7. The predicted molar refractivity (Wildman–Crippen MR) is 96.9 cm³/mol. The van der Waals surface area contributed by atoms with E-state index in [0.717, 1.165) is 6.07 Å². The maximum absolute atomic E-state index is 13.9. The molecule has 6 heteroatoms. The monoisotopic (exact) mass is 373 g/mol. The molecule has 0 fully saturated rings. The molecule has 0 aliphatic carbocycles. The Morgan fingerprint density at radius 3 is 2.19 bits per heavy atom. The van der Waals surface area contributed by atoms with Crippen LogP contribution in [0.25, 0.3) is 10.8 Å². The van der Waals surface area contributed by atoms with Gasteiger partial charge in [0.25, 0.3) is 11.5 Å². The van der Waals surface area contributed by atoms with Gasteiger partial charge in [-0.25, -0.2) is 0 Å². The molecular formula is C21H18F3NO2. The van der Waals surface area contributed by atoms with Crippen LogP contribution in [0.15, 0.2) is 72.8 Å². The number of halogens is 3. The summed E-state index contributed by atoms with van der Waals surface area (Å²) in [5.41, 5.74) is -3.53. The van der Waals surface area contributed by atoms with Gasteiger partial charge in [-0.2, -0.15) is 13.2 Å². The third-order valence-electron chi connectivity index (χ3n) is 4.57. The van der Waals surface area contributed by atoms with E-state index in [1.807, 2.05) is 0 Å². The van der Waals surface area contributed by atoms with E-state index in [1.165, 1.54) is 12.1 Å². The van der Waals surface area contributed by atoms with E-state index in [9.17, 15) is 23.1 Å². The van der Waals surface area contributed by atoms with Crippen molar-refractivity contribution in [3.05, 3.63) is 83.9 Å². The molecule has 0 heterocycles. The summed E-state index contributed by atoms with van der Waals surface area (Å²) in [7, 11) is 0. The number of amides is 1. The fourth-order valence-electron chi connectivity index (χ4n) is 3.07. The number of fused-ring (bicyclic) bond motifs is 1. The number of nitrogens with one attached hydrogen (secondary N) is 1. The lowest BCUT2D eigenvalue weighted by molar-refractivity contribution is -0.256. The van der Waals surface area contributed by atoms with Gasteiger partial charge in [0.15, 0.2) is 0 Å². The highest BCUT2D eigenvalue weighted by Gasteiger charge is 2.61. The Morgan fingerprint density at radius 2 is 1.52 bits per heavy atom. The van der Waals surface area contributed by atoms with Crippen LogP contribution in [-0.2, 0) is 10.4 Å². The van der Waals surface area contributed by atoms with Crippen molar-refractivity contribution in [2.24, 2.45) is 0 Å². The van der Waals surface area contributed by atoms with Crippen molar-refractivity contribution in [2.75, 3.05) is 0 Å². The molecule has 3 rings (SSSR count). The Balaban J connectivity index is 2.06. The van der Waals surface area contributed by atoms with Crippen LogP contribution in [0.5, 0.6) is 0 Å². The zero-order valence-corrected chi connectivity index (χ0v) is 14.5. The fourth-order valence-corrected chi connectivity index (χ4v) is 3.07. The van der Waals surface area contributed by atoms with Crippen molar-refractivity contribution in [3.63, 3.8) is 0 Å². The number of carbonyl (C=O) groups excluding carboxylic acids is 1. The first-order valence-electron chi connectivity index (χ1n) is 8.38. The van der Waals surface area contributed by atoms with Gasteiger partial charge >= 0.3 is 6.18 Å². The number of hydrogen-bond acceptors (Lipinski definition) is 2. The lowest BCUT2D eigenvalue weighted by atomic mass is 9.87. The van der Waals surface area contributed by atoms with Crippen LogP contribution in [0.1, 0.15) is 24.1 Å². The van der Waals surface area contributed by atoms with E-state index in [4.69, 9.17) is 0 Å². The largest absolute Gasteiger partial charge is 0.430 e. The van der Waals surface area contributed by atoms with Crippen LogP contribution in [0.3, 0.4) is 0 Å². The number of alkyl halides is 3. The molecule has 0 spiro atoms. The van der Waals surface area contributed by atoms with E-state index < -0.39 is 29.3 Å². The molecule has 27 heavy (non-hydrogen) atoms. The van der Waals surface area contributed by atoms with Crippen LogP contribution in [0, 0.1) is 0 Å². The number of rotatable bonds is 4. The highest BCUT2D eigenvalue weighted by Crippen LogP contribution is 2.42. The van der Waals surface area contributed by atoms with Crippen molar-refractivity contribution in [3.8, 4) is 0 Å². The first-order chi connectivity index (χ1) is 12.7. The van der Waals surface area contributed by atoms with Crippen LogP contribution in [-0.4, -0.2) is 17.2 Å². The molecule has 0 aliphatic rings. The molecule has 0 bridgehead atoms. The Labute approximate surface area is 154 Å². The molecule has 0 saturated heterocycles. The van der Waals surface area contributed by atoms with Crippen molar-refractivity contribution in [1.82, 2.24) is 5.32 Å². The SMILES string of the molecule is C[C@@H](NC(=O)[C@@](O)(c1cccc2ccccc12)C(F)(F)F)c1ccccc1. The summed E-state index contributed by atoms with van der Waals surface area (Å²) in [5.74, 6) is -1.51. The molecule has 0 saturated carbocycles. The highest BCUT2D eigenvalue weighted by molar-refractivity contribution is 5.95. The van der Waals surface area contributed by atoms with E-state index in [1.54, 1.807) is 61.5 Å². The van der Waals surface area contributed by atoms with Gasteiger partial charge in [0.05, 0.1) is 6.04 Å². The first kappa shape index (κ1) is 18.9. The minimum absolute atomic E-state index is 0.169. The van der Waals surface area contributed by atoms with Crippen molar-refractivity contribution >= 4 is 16.7 Å². The van der Waals surface area contributed by atoms with Gasteiger partial charge in [0.1, 0.15) is 0 Å². The molecule has 0 aliphatic heterocycles. The van der Waals surface area contributed by atoms with Crippen LogP contribution >= 0.6 is 0 Å². The second-order valence-corrected chi connectivity index (χ2v) is 6.34. The van der Waals surface area contributed by atoms with E-state index in [-0.39, 0.29) is 5.39 Å². The average Bonchev–Trinajstić information content (AvgIpc) is 2.66. The third-order valence-corrected chi connectivity index (χ3v) is 4.57. The molecule has 0 unspecified atom stereocenters. The van der Waals surface area contributed by atoms with E-state index in [0.29, 0.717) is 10.9 Å². The molecule has 3 aromatic rings. The third kappa shape index (κ3) is 3.40. The molecular weight excluding hydrogens is 355 g/mol. The fraction of sp³-hybridized carbons (Fsp3) is 0.190. The molecule has 1 amide bonds. The standard InChI is InChI=1S/C21H18F3NO2/c1-14(15-8-3-2-4-9-15)25-19(26)20(27,21(22,23)24)18-13-7-11-16-10-5-6-12-17(16)18/h2-14,27H,1H3,(H,25,26)/t14-,20+/m1/s1. The van der Waals surface area contributed by atoms with Crippen molar-refractivity contribution in [1.29, 1.82) is 0 Å². The first-order valence-corrected chi connectivity index (χ1v) is 8.38. The van der Waals surface area contributed by atoms with Crippen LogP contribution in [0.4, 0.5) is 13.2 Å². The molecule has 0 aromatic heterocycles. The van der Waals surface area contributed by atoms with Gasteiger partial charge < -0.3 is 10.4 Å². The quantitative estimate of drug-likeness (QED) is 0.709. The van der Waals surface area contributed by atoms with E-state index >= 15 is 0 Å². The minimum Gasteiger partial charge on any atom is -0.368 e. The summed E-state index contributed by atoms with van der Waals surface area (Å²) in [6.45, 7) is 1.56. The predicted octanol–water partition coefficient (Wildman–Crippen LogP) is 4.47. The highest BCUT2D eigenvalue weighted by atomic mass is 19.4. The Bertz CT molecular complexity index is 951. The normalized spacial score (nSPS) is 15.1. The lowest BCUT2D eigenvalue weighted by Gasteiger charge is -2.31. The van der Waals surface area contributed by atoms with Gasteiger partial charge in [-0.05, 0) is 23.3 Å². The second kappa shape index (κ2) is 7.04. The minimum atomic E-state index is -5.20. The summed E-state index contributed by atoms with van der Waals surface area (Å²) in [4.78, 5) is 12.7. The maximum atomic E-state index is 13.9. The zero-order valence-electron chi connectivity index (χ0n) is 14.5. The number of benzene rings is 3. The molecule has 3 aromatic carbocycles. The van der Waals surface area contributed by atoms with E-state index in [2.05, 4.69) is 5.32 Å². The average molecular weight is 373 g/mol. The topological polar surface area (TPSA) is 49.3 Å². The summed E-state index contributed by atoms with van der Waals surface area (Å²) in [5, 5.41) is 13.6. The smallest absolute Gasteiger partial charge is 0.368 e. The van der Waals surface area contributed by atoms with Crippen molar-refractivity contribution < 1.29 is 23.1 Å². The van der Waals surface area contributed by atoms with Gasteiger partial charge in [-0.15, -0.1) is 0 Å². The summed E-state index contributed by atoms with van der Waals surface area (Å²) >= 11 is 0. The maximum Gasteiger partial charge on any atom is 0.430 e. The Morgan fingerprint density at radius 1 is 0.926 bits per heavy atom. The molecule has 0 radical (unpaired) electrons. The Hall–Kier alpha value is -2.86. The number of carbonyl (C=O) groups is 1. The summed E-state index contributed by atoms with van der Waals surface area (Å²) in [6.07, 6.45) is -5.20. The molecule has 140 valence electrons. The molecule has 3 nitrogen and oxygen atoms in total. The van der Waals surface area contributed by atoms with Crippen LogP contribution < -0.4 is 5.32 Å². The van der Waals surface area contributed by atoms with Gasteiger partial charge in [0.2, 0.25) is 0 Å². The van der Waals surface area contributed by atoms with Crippen LogP contribution in [0.2, 0.25) is 0 Å². The summed E-state index contributed by atoms with van der Waals surface area (Å²) in [6, 6.07) is 18.3. The van der Waals surface area contributed by atoms with Gasteiger partial charge in [-0.1, -0.05) is 72.8 Å². The van der Waals surface area contributed by atoms with Gasteiger partial charge in [0, 0.05) is 5.56 Å².